The quantitative estimate of drug-likeness (QED) is 0.107. The number of methoxy groups -OCH3 is 2. The van der Waals surface area contributed by atoms with Gasteiger partial charge in [0.25, 0.3) is 0 Å². The summed E-state index contributed by atoms with van der Waals surface area (Å²) >= 11 is 2.92. The molecule has 2 aromatic heterocycles. The molecule has 3 atom stereocenters. The molecule has 3 unspecified atom stereocenters. The van der Waals surface area contributed by atoms with Crippen molar-refractivity contribution in [3.05, 3.63) is 77.5 Å². The molecule has 1 fully saturated rings. The van der Waals surface area contributed by atoms with Crippen LogP contribution in [0.5, 0.6) is 11.5 Å². The molecule has 1 aliphatic heterocycles. The Morgan fingerprint density at radius 3 is 2.76 bits per heavy atom. The number of para-hydroxylation sites is 1. The Labute approximate surface area is 220 Å². The minimum atomic E-state index is -1.09. The number of thioether (sulfide) groups is 2. The topological polar surface area (TPSA) is 153 Å². The van der Waals surface area contributed by atoms with Crippen LogP contribution in [-0.4, -0.2) is 68.1 Å². The van der Waals surface area contributed by atoms with Gasteiger partial charge in [-0.05, 0) is 23.8 Å². The van der Waals surface area contributed by atoms with E-state index >= 15 is 0 Å². The van der Waals surface area contributed by atoms with Crippen LogP contribution in [0.2, 0.25) is 0 Å². The van der Waals surface area contributed by atoms with Gasteiger partial charge in [-0.1, -0.05) is 29.4 Å². The molecule has 37 heavy (non-hydrogen) atoms. The van der Waals surface area contributed by atoms with Crippen molar-refractivity contribution in [2.45, 2.75) is 15.4 Å². The van der Waals surface area contributed by atoms with Gasteiger partial charge in [-0.15, -0.1) is 23.5 Å². The summed E-state index contributed by atoms with van der Waals surface area (Å²) in [6, 6.07) is 12.5. The molecule has 0 bridgehead atoms. The molecule has 2 aromatic carbocycles. The van der Waals surface area contributed by atoms with Crippen molar-refractivity contribution >= 4 is 46.1 Å². The lowest BCUT2D eigenvalue weighted by molar-refractivity contribution is -0.132. The van der Waals surface area contributed by atoms with Crippen LogP contribution in [0.1, 0.15) is 27.2 Å². The molecule has 192 valence electrons. The van der Waals surface area contributed by atoms with Gasteiger partial charge in [0.05, 0.1) is 30.6 Å². The standard InChI is InChI=1S/C25H24N4O6S2/c1-34-17-11-13(7-8-16(17)30)25(24-26-9-10-27-24)18(31)12-36-23(37-25)19-14-5-3-4-6-15(14)28-20(19)21(29-33)22(32)35-2/h3-11,18,23,28,30-31,33H,12H2,1-2H3,(H,26,27). The number of nitrogens with zero attached hydrogens (tertiary/aromatic N) is 2. The number of aliphatic hydroxyl groups excluding tert-OH is 1. The number of rotatable bonds is 6. The fraction of sp³-hybridized carbons (Fsp3) is 0.240. The summed E-state index contributed by atoms with van der Waals surface area (Å²) in [6.07, 6.45) is 2.42. The van der Waals surface area contributed by atoms with Gasteiger partial charge in [0, 0.05) is 34.6 Å². The number of carbonyl (C=O) groups is 1. The van der Waals surface area contributed by atoms with Crippen molar-refractivity contribution < 1.29 is 29.7 Å². The smallest absolute Gasteiger partial charge is 0.362 e. The number of ether oxygens (including phenoxy) is 2. The van der Waals surface area contributed by atoms with Gasteiger partial charge in [-0.3, -0.25) is 0 Å². The minimum absolute atomic E-state index is 0.0251. The number of imidazole rings is 1. The maximum atomic E-state index is 12.5. The second-order valence-corrected chi connectivity index (χ2v) is 11.0. The van der Waals surface area contributed by atoms with E-state index in [-0.39, 0.29) is 21.8 Å². The Morgan fingerprint density at radius 1 is 1.24 bits per heavy atom. The molecule has 0 spiro atoms. The van der Waals surface area contributed by atoms with Crippen LogP contribution in [0.15, 0.2) is 60.0 Å². The second-order valence-electron chi connectivity index (χ2n) is 8.26. The number of H-pyrrole nitrogens is 2. The number of carbonyl (C=O) groups excluding carboxylic acids is 1. The van der Waals surface area contributed by atoms with Gasteiger partial charge < -0.3 is 34.9 Å². The summed E-state index contributed by atoms with van der Waals surface area (Å²) in [6.45, 7) is 0. The highest BCUT2D eigenvalue weighted by molar-refractivity contribution is 8.17. The average molecular weight is 541 g/mol. The summed E-state index contributed by atoms with van der Waals surface area (Å²) in [7, 11) is 2.68. The number of phenolic OH excluding ortho intramolecular Hbond substituents is 1. The van der Waals surface area contributed by atoms with E-state index in [0.717, 1.165) is 16.5 Å². The molecule has 0 radical (unpaired) electrons. The maximum Gasteiger partial charge on any atom is 0.362 e. The molecule has 0 saturated carbocycles. The largest absolute Gasteiger partial charge is 0.504 e. The maximum absolute atomic E-state index is 12.5. The molecular weight excluding hydrogens is 516 g/mol. The van der Waals surface area contributed by atoms with Crippen LogP contribution in [-0.2, 0) is 14.3 Å². The van der Waals surface area contributed by atoms with Gasteiger partial charge in [-0.25, -0.2) is 9.78 Å². The Kier molecular flexibility index (Phi) is 6.80. The Hall–Kier alpha value is -3.61. The lowest BCUT2D eigenvalue weighted by Gasteiger charge is -2.43. The Morgan fingerprint density at radius 2 is 2.05 bits per heavy atom. The molecule has 5 rings (SSSR count). The number of oxime groups is 1. The molecule has 4 aromatic rings. The van der Waals surface area contributed by atoms with Crippen LogP contribution >= 0.6 is 23.5 Å². The van der Waals surface area contributed by atoms with Crippen molar-refractivity contribution in [1.82, 2.24) is 15.0 Å². The normalized spacial score (nSPS) is 22.2. The Bertz CT molecular complexity index is 1470. The summed E-state index contributed by atoms with van der Waals surface area (Å²) in [5.74, 6) is 0.293. The van der Waals surface area contributed by atoms with Crippen molar-refractivity contribution in [3.63, 3.8) is 0 Å². The summed E-state index contributed by atoms with van der Waals surface area (Å²) in [5, 5.41) is 35.6. The zero-order valence-electron chi connectivity index (χ0n) is 19.8. The molecule has 3 heterocycles. The predicted octanol–water partition coefficient (Wildman–Crippen LogP) is 3.74. The first-order valence-corrected chi connectivity index (χ1v) is 13.1. The third-order valence-corrected chi connectivity index (χ3v) is 9.59. The van der Waals surface area contributed by atoms with Gasteiger partial charge >= 0.3 is 5.97 Å². The number of aromatic hydroxyl groups is 1. The van der Waals surface area contributed by atoms with Crippen LogP contribution in [0.4, 0.5) is 0 Å². The van der Waals surface area contributed by atoms with Crippen LogP contribution in [0, 0.1) is 0 Å². The Balaban J connectivity index is 1.72. The van der Waals surface area contributed by atoms with Crippen molar-refractivity contribution in [2.24, 2.45) is 5.16 Å². The molecule has 10 nitrogen and oxygen atoms in total. The van der Waals surface area contributed by atoms with Crippen LogP contribution < -0.4 is 4.74 Å². The highest BCUT2D eigenvalue weighted by Crippen LogP contribution is 2.61. The lowest BCUT2D eigenvalue weighted by Crippen LogP contribution is -2.43. The van der Waals surface area contributed by atoms with E-state index in [0.29, 0.717) is 22.8 Å². The van der Waals surface area contributed by atoms with E-state index < -0.39 is 16.8 Å². The monoisotopic (exact) mass is 540 g/mol. The number of aliphatic hydroxyl groups is 1. The summed E-state index contributed by atoms with van der Waals surface area (Å²) in [4.78, 5) is 23.4. The van der Waals surface area contributed by atoms with Crippen molar-refractivity contribution in [1.29, 1.82) is 0 Å². The highest BCUT2D eigenvalue weighted by atomic mass is 32.2. The second kappa shape index (κ2) is 10.0. The number of aromatic amines is 2. The molecule has 1 aliphatic rings. The zero-order valence-corrected chi connectivity index (χ0v) is 21.5. The van der Waals surface area contributed by atoms with Crippen LogP contribution in [0.3, 0.4) is 0 Å². The molecular formula is C25H24N4O6S2. The minimum Gasteiger partial charge on any atom is -0.504 e. The number of phenols is 1. The van der Waals surface area contributed by atoms with E-state index in [2.05, 4.69) is 20.1 Å². The number of hydrogen-bond donors (Lipinski definition) is 5. The highest BCUT2D eigenvalue weighted by Gasteiger charge is 2.51. The first-order valence-electron chi connectivity index (χ1n) is 11.2. The number of aromatic nitrogens is 3. The number of hydrogen-bond acceptors (Lipinski definition) is 10. The number of fused-ring (bicyclic) bond motifs is 1. The summed E-state index contributed by atoms with van der Waals surface area (Å²) < 4.78 is 8.79. The fourth-order valence-electron chi connectivity index (χ4n) is 4.59. The first-order chi connectivity index (χ1) is 17.9. The van der Waals surface area contributed by atoms with E-state index in [4.69, 9.17) is 9.47 Å². The molecule has 12 heteroatoms. The lowest BCUT2D eigenvalue weighted by atomic mass is 9.91. The van der Waals surface area contributed by atoms with Crippen molar-refractivity contribution in [2.75, 3.05) is 20.0 Å². The van der Waals surface area contributed by atoms with Gasteiger partial charge in [0.2, 0.25) is 5.71 Å². The third-order valence-electron chi connectivity index (χ3n) is 6.32. The van der Waals surface area contributed by atoms with Crippen LogP contribution in [0.25, 0.3) is 10.9 Å². The average Bonchev–Trinajstić information content (AvgIpc) is 3.59. The molecule has 5 N–H and O–H groups in total. The molecule has 0 amide bonds. The fourth-order valence-corrected chi connectivity index (χ4v) is 8.11. The van der Waals surface area contributed by atoms with E-state index in [9.17, 15) is 20.2 Å². The molecule has 0 aliphatic carbocycles. The predicted molar refractivity (Wildman–Crippen MR) is 141 cm³/mol. The third kappa shape index (κ3) is 4.10. The molecule has 1 saturated heterocycles. The number of nitrogens with one attached hydrogen (secondary N) is 2. The van der Waals surface area contributed by atoms with Gasteiger partial charge in [0.15, 0.2) is 11.5 Å². The van der Waals surface area contributed by atoms with Gasteiger partial charge in [0.1, 0.15) is 10.6 Å². The van der Waals surface area contributed by atoms with E-state index in [1.165, 1.54) is 43.8 Å². The zero-order chi connectivity index (χ0) is 26.2. The number of benzene rings is 2. The SMILES string of the molecule is COC(=O)C(=NO)c1[nH]c2ccccc2c1C1SCC(O)C(c2ccc(O)c(OC)c2)(c2ncc[nH]2)S1. The first kappa shape index (κ1) is 25.1. The van der Waals surface area contributed by atoms with Crippen molar-refractivity contribution in [3.8, 4) is 11.5 Å². The number of esters is 1. The summed E-state index contributed by atoms with van der Waals surface area (Å²) in [5.41, 5.74) is 2.21. The van der Waals surface area contributed by atoms with E-state index in [1.54, 1.807) is 24.5 Å². The van der Waals surface area contributed by atoms with E-state index in [1.807, 2.05) is 24.3 Å². The van der Waals surface area contributed by atoms with Gasteiger partial charge in [-0.2, -0.15) is 0 Å².